The van der Waals surface area contributed by atoms with Gasteiger partial charge < -0.3 is 9.84 Å². The van der Waals surface area contributed by atoms with Crippen molar-refractivity contribution in [1.29, 1.82) is 0 Å². The van der Waals surface area contributed by atoms with E-state index in [2.05, 4.69) is 9.97 Å². The Hall–Kier alpha value is -2.06. The van der Waals surface area contributed by atoms with Crippen molar-refractivity contribution in [1.82, 2.24) is 9.97 Å². The van der Waals surface area contributed by atoms with Crippen molar-refractivity contribution in [3.05, 3.63) is 50.9 Å². The van der Waals surface area contributed by atoms with Crippen LogP contribution in [0.15, 0.2) is 18.2 Å². The Kier molecular flexibility index (Phi) is 5.19. The van der Waals surface area contributed by atoms with Gasteiger partial charge in [-0.1, -0.05) is 23.2 Å². The van der Waals surface area contributed by atoms with Gasteiger partial charge in [-0.3, -0.25) is 0 Å². The molecule has 0 saturated carbocycles. The van der Waals surface area contributed by atoms with Crippen LogP contribution in [0.3, 0.4) is 0 Å². The van der Waals surface area contributed by atoms with Crippen LogP contribution in [0.25, 0.3) is 0 Å². The molecular weight excluding hydrogens is 372 g/mol. The van der Waals surface area contributed by atoms with E-state index in [1.807, 2.05) is 0 Å². The van der Waals surface area contributed by atoms with E-state index in [1.54, 1.807) is 0 Å². The summed E-state index contributed by atoms with van der Waals surface area (Å²) >= 11 is 11.6. The first kappa shape index (κ1) is 18.3. The van der Waals surface area contributed by atoms with Crippen molar-refractivity contribution in [2.45, 2.75) is 19.7 Å². The fraction of sp³-hybridized carbons (Fsp3) is 0.214. The molecule has 0 fully saturated rings. The fourth-order valence-electron chi connectivity index (χ4n) is 1.82. The molecule has 0 aliphatic carbocycles. The Bertz CT molecular complexity index is 777. The van der Waals surface area contributed by atoms with Crippen molar-refractivity contribution in [2.75, 3.05) is 0 Å². The van der Waals surface area contributed by atoms with Gasteiger partial charge in [-0.25, -0.2) is 9.78 Å². The third-order valence-electron chi connectivity index (χ3n) is 2.86. The molecule has 24 heavy (non-hydrogen) atoms. The highest BCUT2D eigenvalue weighted by atomic mass is 35.5. The maximum absolute atomic E-state index is 12.8. The number of carbonyl (C=O) groups is 1. The molecule has 2 aromatic rings. The summed E-state index contributed by atoms with van der Waals surface area (Å²) in [4.78, 5) is 17.4. The quantitative estimate of drug-likeness (QED) is 0.851. The highest BCUT2D eigenvalue weighted by Crippen LogP contribution is 2.30. The molecule has 0 atom stereocenters. The molecule has 0 radical (unpaired) electrons. The Labute approximate surface area is 144 Å². The summed E-state index contributed by atoms with van der Waals surface area (Å²) < 4.78 is 43.6. The number of carboxylic acid groups (broad SMARTS) is 1. The summed E-state index contributed by atoms with van der Waals surface area (Å²) in [6, 6.07) is 4.49. The zero-order valence-corrected chi connectivity index (χ0v) is 13.5. The molecule has 1 aromatic carbocycles. The summed E-state index contributed by atoms with van der Waals surface area (Å²) in [6.07, 6.45) is -4.91. The lowest BCUT2D eigenvalue weighted by atomic mass is 10.2. The highest BCUT2D eigenvalue weighted by Gasteiger charge is 2.37. The van der Waals surface area contributed by atoms with E-state index in [0.29, 0.717) is 15.6 Å². The number of halogens is 5. The molecule has 0 aliphatic heterocycles. The van der Waals surface area contributed by atoms with Crippen LogP contribution < -0.4 is 4.74 Å². The number of alkyl halides is 3. The maximum atomic E-state index is 12.8. The predicted molar refractivity (Wildman–Crippen MR) is 79.5 cm³/mol. The zero-order chi connectivity index (χ0) is 18.1. The first-order chi connectivity index (χ1) is 11.1. The van der Waals surface area contributed by atoms with E-state index in [-0.39, 0.29) is 12.2 Å². The van der Waals surface area contributed by atoms with Gasteiger partial charge in [-0.15, -0.1) is 0 Å². The third-order valence-corrected chi connectivity index (χ3v) is 3.29. The minimum absolute atomic E-state index is 0.122. The molecule has 2 rings (SSSR count). The van der Waals surface area contributed by atoms with E-state index in [9.17, 15) is 18.0 Å². The lowest BCUT2D eigenvalue weighted by Gasteiger charge is -2.13. The van der Waals surface area contributed by atoms with Crippen molar-refractivity contribution in [3.63, 3.8) is 0 Å². The monoisotopic (exact) mass is 380 g/mol. The number of hydrogen-bond acceptors (Lipinski definition) is 4. The Morgan fingerprint density at radius 1 is 1.21 bits per heavy atom. The number of benzene rings is 1. The van der Waals surface area contributed by atoms with E-state index in [1.165, 1.54) is 25.1 Å². The molecule has 5 nitrogen and oxygen atoms in total. The van der Waals surface area contributed by atoms with Crippen LogP contribution in [0.5, 0.6) is 5.88 Å². The van der Waals surface area contributed by atoms with Gasteiger partial charge in [0.2, 0.25) is 11.7 Å². The van der Waals surface area contributed by atoms with Crippen molar-refractivity contribution in [3.8, 4) is 5.88 Å². The number of carboxylic acids is 1. The smallest absolute Gasteiger partial charge is 0.451 e. The summed E-state index contributed by atoms with van der Waals surface area (Å²) in [6.45, 7) is 1.05. The SMILES string of the molecule is Cc1c(OCc2cc(Cl)cc(Cl)c2)nc(C(F)(F)F)nc1C(=O)O. The van der Waals surface area contributed by atoms with Crippen LogP contribution in [-0.4, -0.2) is 21.0 Å². The summed E-state index contributed by atoms with van der Waals surface area (Å²) in [5, 5.41) is 9.63. The van der Waals surface area contributed by atoms with E-state index < -0.39 is 29.5 Å². The van der Waals surface area contributed by atoms with Gasteiger partial charge in [0.1, 0.15) is 6.61 Å². The summed E-state index contributed by atoms with van der Waals surface area (Å²) in [7, 11) is 0. The highest BCUT2D eigenvalue weighted by molar-refractivity contribution is 6.34. The van der Waals surface area contributed by atoms with Gasteiger partial charge in [0, 0.05) is 15.6 Å². The average molecular weight is 381 g/mol. The van der Waals surface area contributed by atoms with Crippen LogP contribution >= 0.6 is 23.2 Å². The van der Waals surface area contributed by atoms with Crippen molar-refractivity contribution >= 4 is 29.2 Å². The number of aromatic nitrogens is 2. The van der Waals surface area contributed by atoms with Gasteiger partial charge in [0.15, 0.2) is 5.69 Å². The maximum Gasteiger partial charge on any atom is 0.451 e. The standard InChI is InChI=1S/C14H9Cl2F3N2O3/c1-6-10(12(22)23)20-13(14(17,18)19)21-11(6)24-5-7-2-8(15)4-9(16)3-7/h2-4H,5H2,1H3,(H,22,23). The number of hydrogen-bond donors (Lipinski definition) is 1. The molecular formula is C14H9Cl2F3N2O3. The molecule has 0 amide bonds. The van der Waals surface area contributed by atoms with E-state index in [4.69, 9.17) is 33.0 Å². The van der Waals surface area contributed by atoms with Gasteiger partial charge >= 0.3 is 12.1 Å². The topological polar surface area (TPSA) is 72.3 Å². The molecule has 0 unspecified atom stereocenters. The zero-order valence-electron chi connectivity index (χ0n) is 12.0. The van der Waals surface area contributed by atoms with Crippen LogP contribution in [0.1, 0.15) is 27.4 Å². The number of rotatable bonds is 4. The minimum atomic E-state index is -4.91. The molecule has 0 spiro atoms. The molecule has 1 aromatic heterocycles. The first-order valence-electron chi connectivity index (χ1n) is 6.35. The van der Waals surface area contributed by atoms with Crippen molar-refractivity contribution in [2.24, 2.45) is 0 Å². The Balaban J connectivity index is 2.38. The normalized spacial score (nSPS) is 11.4. The van der Waals surface area contributed by atoms with Crippen LogP contribution in [0, 0.1) is 6.92 Å². The van der Waals surface area contributed by atoms with Gasteiger partial charge in [0.05, 0.1) is 0 Å². The van der Waals surface area contributed by atoms with Gasteiger partial charge in [-0.05, 0) is 30.7 Å². The fourth-order valence-corrected chi connectivity index (χ4v) is 2.39. The second-order valence-corrected chi connectivity index (χ2v) is 5.57. The Morgan fingerprint density at radius 3 is 2.29 bits per heavy atom. The molecule has 10 heteroatoms. The average Bonchev–Trinajstić information content (AvgIpc) is 2.43. The van der Waals surface area contributed by atoms with Crippen LogP contribution in [0.4, 0.5) is 13.2 Å². The van der Waals surface area contributed by atoms with E-state index in [0.717, 1.165) is 0 Å². The summed E-state index contributed by atoms with van der Waals surface area (Å²) in [5.74, 6) is -3.69. The van der Waals surface area contributed by atoms with Crippen LogP contribution in [-0.2, 0) is 12.8 Å². The number of nitrogens with zero attached hydrogens (tertiary/aromatic N) is 2. The lowest BCUT2D eigenvalue weighted by molar-refractivity contribution is -0.145. The van der Waals surface area contributed by atoms with Gasteiger partial charge in [-0.2, -0.15) is 18.2 Å². The van der Waals surface area contributed by atoms with Crippen LogP contribution in [0.2, 0.25) is 10.0 Å². The van der Waals surface area contributed by atoms with Gasteiger partial charge in [0.25, 0.3) is 0 Å². The molecule has 1 N–H and O–H groups in total. The largest absolute Gasteiger partial charge is 0.476 e. The Morgan fingerprint density at radius 2 is 1.79 bits per heavy atom. The molecule has 1 heterocycles. The minimum Gasteiger partial charge on any atom is -0.476 e. The predicted octanol–water partition coefficient (Wildman–Crippen LogP) is 4.39. The lowest BCUT2D eigenvalue weighted by Crippen LogP contribution is -2.17. The molecule has 0 saturated heterocycles. The second-order valence-electron chi connectivity index (χ2n) is 4.70. The van der Waals surface area contributed by atoms with E-state index >= 15 is 0 Å². The molecule has 0 bridgehead atoms. The number of ether oxygens (including phenoxy) is 1. The molecule has 128 valence electrons. The second kappa shape index (κ2) is 6.82. The van der Waals surface area contributed by atoms with Crippen molar-refractivity contribution < 1.29 is 27.8 Å². The number of aromatic carboxylic acids is 1. The third kappa shape index (κ3) is 4.27. The summed E-state index contributed by atoms with van der Waals surface area (Å²) in [5.41, 5.74) is -0.420. The first-order valence-corrected chi connectivity index (χ1v) is 7.10. The molecule has 0 aliphatic rings.